The van der Waals surface area contributed by atoms with Crippen molar-refractivity contribution in [2.45, 2.75) is 52.1 Å². The highest BCUT2D eigenvalue weighted by atomic mass is 16.4. The van der Waals surface area contributed by atoms with Crippen molar-refractivity contribution in [3.63, 3.8) is 0 Å². The monoisotopic (exact) mass is 265 g/mol. The van der Waals surface area contributed by atoms with Gasteiger partial charge in [0.2, 0.25) is 0 Å². The maximum Gasteiger partial charge on any atom is 0.320 e. The van der Waals surface area contributed by atoms with Crippen LogP contribution in [0.5, 0.6) is 0 Å². The van der Waals surface area contributed by atoms with Crippen molar-refractivity contribution in [3.05, 3.63) is 17.0 Å². The van der Waals surface area contributed by atoms with Gasteiger partial charge in [-0.15, -0.1) is 0 Å². The largest absolute Gasteiger partial charge is 0.480 e. The number of nitrogens with zero attached hydrogens (tertiary/aromatic N) is 3. The predicted molar refractivity (Wildman–Crippen MR) is 73.1 cm³/mol. The normalized spacial score (nSPS) is 22.4. The van der Waals surface area contributed by atoms with Gasteiger partial charge in [-0.05, 0) is 40.2 Å². The van der Waals surface area contributed by atoms with Gasteiger partial charge in [-0.25, -0.2) is 0 Å². The van der Waals surface area contributed by atoms with Crippen LogP contribution in [0.2, 0.25) is 0 Å². The number of carbonyl (C=O) groups is 1. The van der Waals surface area contributed by atoms with Crippen LogP contribution in [0.15, 0.2) is 0 Å². The van der Waals surface area contributed by atoms with Crippen LogP contribution < -0.4 is 0 Å². The Hall–Kier alpha value is -1.36. The predicted octanol–water partition coefficient (Wildman–Crippen LogP) is 2.04. The zero-order chi connectivity index (χ0) is 14.2. The number of piperidine rings is 1. The number of carboxylic acid groups (broad SMARTS) is 1. The lowest BCUT2D eigenvalue weighted by molar-refractivity contribution is -0.145. The van der Waals surface area contributed by atoms with Gasteiger partial charge < -0.3 is 5.11 Å². The number of rotatable bonds is 3. The topological polar surface area (TPSA) is 58.4 Å². The first-order chi connectivity index (χ1) is 8.93. The van der Waals surface area contributed by atoms with E-state index < -0.39 is 5.97 Å². The Bertz CT molecular complexity index is 481. The van der Waals surface area contributed by atoms with Gasteiger partial charge in [-0.3, -0.25) is 14.4 Å². The molecule has 1 aliphatic heterocycles. The quantitative estimate of drug-likeness (QED) is 0.908. The van der Waals surface area contributed by atoms with E-state index in [1.807, 2.05) is 25.6 Å². The summed E-state index contributed by atoms with van der Waals surface area (Å²) in [6, 6.07) is -0.252. The molecule has 2 unspecified atom stereocenters. The van der Waals surface area contributed by atoms with Crippen LogP contribution in [0.1, 0.15) is 49.2 Å². The highest BCUT2D eigenvalue weighted by Gasteiger charge is 2.34. The summed E-state index contributed by atoms with van der Waals surface area (Å²) in [4.78, 5) is 13.5. The van der Waals surface area contributed by atoms with E-state index in [1.165, 1.54) is 5.56 Å². The molecule has 1 fully saturated rings. The lowest BCUT2D eigenvalue weighted by Crippen LogP contribution is -2.46. The summed E-state index contributed by atoms with van der Waals surface area (Å²) in [6.07, 6.45) is 2.83. The number of carboxylic acids is 1. The molecule has 1 N–H and O–H groups in total. The summed E-state index contributed by atoms with van der Waals surface area (Å²) in [5.41, 5.74) is 3.30. The van der Waals surface area contributed by atoms with E-state index in [0.29, 0.717) is 0 Å². The first kappa shape index (κ1) is 14.1. The van der Waals surface area contributed by atoms with E-state index in [4.69, 9.17) is 0 Å². The molecule has 1 saturated heterocycles. The molecule has 0 aliphatic carbocycles. The number of aromatic nitrogens is 2. The van der Waals surface area contributed by atoms with Gasteiger partial charge in [-0.2, -0.15) is 5.10 Å². The molecule has 0 amide bonds. The van der Waals surface area contributed by atoms with E-state index in [2.05, 4.69) is 16.9 Å². The average Bonchev–Trinajstić information content (AvgIpc) is 2.62. The first-order valence-corrected chi connectivity index (χ1v) is 6.92. The minimum absolute atomic E-state index is 0.107. The molecule has 1 aliphatic rings. The SMILES string of the molecule is Cc1nn(C)c(C)c1C(C)N1CCCCC1C(=O)O. The van der Waals surface area contributed by atoms with Gasteiger partial charge in [-0.1, -0.05) is 6.42 Å². The molecule has 19 heavy (non-hydrogen) atoms. The lowest BCUT2D eigenvalue weighted by atomic mass is 9.96. The summed E-state index contributed by atoms with van der Waals surface area (Å²) in [6.45, 7) is 6.99. The number of aryl methyl sites for hydroxylation is 2. The molecule has 1 aromatic rings. The third-order valence-corrected chi connectivity index (χ3v) is 4.31. The molecule has 5 nitrogen and oxygen atoms in total. The van der Waals surface area contributed by atoms with Crippen molar-refractivity contribution >= 4 is 5.97 Å². The molecular weight excluding hydrogens is 242 g/mol. The van der Waals surface area contributed by atoms with Crippen LogP contribution >= 0.6 is 0 Å². The fourth-order valence-electron chi connectivity index (χ4n) is 3.24. The molecule has 0 bridgehead atoms. The Balaban J connectivity index is 2.31. The molecule has 5 heteroatoms. The van der Waals surface area contributed by atoms with Crippen LogP contribution in [0, 0.1) is 13.8 Å². The first-order valence-electron chi connectivity index (χ1n) is 6.92. The number of hydrogen-bond acceptors (Lipinski definition) is 3. The van der Waals surface area contributed by atoms with Crippen molar-refractivity contribution < 1.29 is 9.90 Å². The van der Waals surface area contributed by atoms with Gasteiger partial charge in [0.15, 0.2) is 0 Å². The van der Waals surface area contributed by atoms with E-state index in [-0.39, 0.29) is 12.1 Å². The second-order valence-electron chi connectivity index (χ2n) is 5.47. The van der Waals surface area contributed by atoms with Crippen molar-refractivity contribution in [3.8, 4) is 0 Å². The van der Waals surface area contributed by atoms with E-state index in [1.54, 1.807) is 0 Å². The fraction of sp³-hybridized carbons (Fsp3) is 0.714. The van der Waals surface area contributed by atoms with Crippen molar-refractivity contribution in [2.75, 3.05) is 6.54 Å². The second kappa shape index (κ2) is 5.33. The van der Waals surface area contributed by atoms with Crippen LogP contribution in [-0.4, -0.2) is 38.3 Å². The fourth-order valence-corrected chi connectivity index (χ4v) is 3.24. The summed E-state index contributed by atoms with van der Waals surface area (Å²) >= 11 is 0. The Morgan fingerprint density at radius 3 is 2.63 bits per heavy atom. The van der Waals surface area contributed by atoms with Crippen LogP contribution in [0.25, 0.3) is 0 Å². The molecule has 2 rings (SSSR count). The van der Waals surface area contributed by atoms with Crippen LogP contribution in [0.4, 0.5) is 0 Å². The Morgan fingerprint density at radius 1 is 1.42 bits per heavy atom. The lowest BCUT2D eigenvalue weighted by Gasteiger charge is -2.37. The Labute approximate surface area is 114 Å². The molecule has 2 heterocycles. The van der Waals surface area contributed by atoms with E-state index >= 15 is 0 Å². The highest BCUT2D eigenvalue weighted by molar-refractivity contribution is 5.73. The van der Waals surface area contributed by atoms with Crippen LogP contribution in [0.3, 0.4) is 0 Å². The van der Waals surface area contributed by atoms with Crippen LogP contribution in [-0.2, 0) is 11.8 Å². The summed E-state index contributed by atoms with van der Waals surface area (Å²) in [5, 5.41) is 13.8. The second-order valence-corrected chi connectivity index (χ2v) is 5.47. The summed E-state index contributed by atoms with van der Waals surface area (Å²) < 4.78 is 1.88. The molecule has 0 saturated carbocycles. The van der Waals surface area contributed by atoms with Gasteiger partial charge >= 0.3 is 5.97 Å². The smallest absolute Gasteiger partial charge is 0.320 e. The molecule has 106 valence electrons. The van der Waals surface area contributed by atoms with Gasteiger partial charge in [0.05, 0.1) is 5.69 Å². The average molecular weight is 265 g/mol. The van der Waals surface area contributed by atoms with Gasteiger partial charge in [0, 0.05) is 24.3 Å². The zero-order valence-electron chi connectivity index (χ0n) is 12.2. The molecule has 0 radical (unpaired) electrons. The highest BCUT2D eigenvalue weighted by Crippen LogP contribution is 2.31. The van der Waals surface area contributed by atoms with Gasteiger partial charge in [0.1, 0.15) is 6.04 Å². The van der Waals surface area contributed by atoms with E-state index in [0.717, 1.165) is 37.2 Å². The van der Waals surface area contributed by atoms with Crippen molar-refractivity contribution in [2.24, 2.45) is 7.05 Å². The van der Waals surface area contributed by atoms with Gasteiger partial charge in [0.25, 0.3) is 0 Å². The molecule has 2 atom stereocenters. The third-order valence-electron chi connectivity index (χ3n) is 4.31. The third kappa shape index (κ3) is 2.52. The maximum absolute atomic E-state index is 11.4. The summed E-state index contributed by atoms with van der Waals surface area (Å²) in [5.74, 6) is -0.703. The molecular formula is C14H23N3O2. The minimum atomic E-state index is -0.703. The summed E-state index contributed by atoms with van der Waals surface area (Å²) in [7, 11) is 1.93. The Kier molecular flexibility index (Phi) is 3.94. The standard InChI is InChI=1S/C14H23N3O2/c1-9-13(10(2)16(4)15-9)11(3)17-8-6-5-7-12(17)14(18)19/h11-12H,5-8H2,1-4H3,(H,18,19). The minimum Gasteiger partial charge on any atom is -0.480 e. The van der Waals surface area contributed by atoms with Crippen molar-refractivity contribution in [1.82, 2.24) is 14.7 Å². The molecule has 0 aromatic carbocycles. The maximum atomic E-state index is 11.4. The zero-order valence-corrected chi connectivity index (χ0v) is 12.2. The molecule has 0 spiro atoms. The van der Waals surface area contributed by atoms with Crippen molar-refractivity contribution in [1.29, 1.82) is 0 Å². The van der Waals surface area contributed by atoms with E-state index in [9.17, 15) is 9.90 Å². The number of hydrogen-bond donors (Lipinski definition) is 1. The Morgan fingerprint density at radius 2 is 2.11 bits per heavy atom. The number of likely N-dealkylation sites (tertiary alicyclic amines) is 1. The number of aliphatic carboxylic acids is 1. The molecule has 1 aromatic heterocycles.